The molecular weight excluding hydrogens is 332 g/mol. The highest BCUT2D eigenvalue weighted by Crippen LogP contribution is 2.10. The van der Waals surface area contributed by atoms with E-state index in [1.54, 1.807) is 12.3 Å². The van der Waals surface area contributed by atoms with Crippen molar-refractivity contribution in [2.45, 2.75) is 26.4 Å². The molecule has 0 aliphatic carbocycles. The van der Waals surface area contributed by atoms with Crippen molar-refractivity contribution in [2.75, 3.05) is 6.61 Å². The van der Waals surface area contributed by atoms with Crippen LogP contribution in [0.4, 0.5) is 0 Å². The van der Waals surface area contributed by atoms with Gasteiger partial charge in [-0.15, -0.1) is 0 Å². The molecule has 0 amide bonds. The molecule has 3 aromatic rings. The first-order chi connectivity index (χ1) is 12.6. The third-order valence-electron chi connectivity index (χ3n) is 3.86. The van der Waals surface area contributed by atoms with Crippen molar-refractivity contribution in [3.63, 3.8) is 0 Å². The molecule has 134 valence electrons. The molecule has 0 N–H and O–H groups in total. The Labute approximate surface area is 151 Å². The topological polar surface area (TPSA) is 69.9 Å². The number of aromatic nitrogens is 2. The number of ether oxygens (including phenoxy) is 2. The summed E-state index contributed by atoms with van der Waals surface area (Å²) >= 11 is 0. The first kappa shape index (κ1) is 17.7. The molecular formula is C20H20N2O4. The number of carbonyl (C=O) groups is 1. The number of benzene rings is 1. The standard InChI is InChI=1S/C20H20N2O4/c1-15-7-5-11-22-18(23)13-16(21-20(15)22)14-26-19(24)10-6-12-25-17-8-3-2-4-9-17/h2-5,7-9,11,13H,6,10,12,14H2,1H3. The monoisotopic (exact) mass is 352 g/mol. The van der Waals surface area contributed by atoms with E-state index in [4.69, 9.17) is 9.47 Å². The fourth-order valence-corrected chi connectivity index (χ4v) is 2.53. The van der Waals surface area contributed by atoms with Gasteiger partial charge in [-0.3, -0.25) is 14.0 Å². The minimum Gasteiger partial charge on any atom is -0.494 e. The van der Waals surface area contributed by atoms with Gasteiger partial charge in [0.1, 0.15) is 18.0 Å². The maximum absolute atomic E-state index is 12.1. The van der Waals surface area contributed by atoms with Crippen LogP contribution >= 0.6 is 0 Å². The largest absolute Gasteiger partial charge is 0.494 e. The second-order valence-corrected chi connectivity index (χ2v) is 5.90. The highest BCUT2D eigenvalue weighted by atomic mass is 16.5. The Kier molecular flexibility index (Phi) is 5.63. The molecule has 2 aromatic heterocycles. The van der Waals surface area contributed by atoms with Crippen molar-refractivity contribution in [1.29, 1.82) is 0 Å². The minimum atomic E-state index is -0.339. The Balaban J connectivity index is 1.49. The summed E-state index contributed by atoms with van der Waals surface area (Å²) < 4.78 is 12.2. The van der Waals surface area contributed by atoms with Crippen molar-refractivity contribution in [1.82, 2.24) is 9.38 Å². The normalized spacial score (nSPS) is 10.7. The van der Waals surface area contributed by atoms with Crippen LogP contribution in [0.25, 0.3) is 5.65 Å². The molecule has 3 rings (SSSR count). The zero-order chi connectivity index (χ0) is 18.4. The Morgan fingerprint density at radius 3 is 2.77 bits per heavy atom. The van der Waals surface area contributed by atoms with Crippen LogP contribution in [-0.4, -0.2) is 22.0 Å². The van der Waals surface area contributed by atoms with E-state index in [1.165, 1.54) is 10.5 Å². The third kappa shape index (κ3) is 4.47. The second kappa shape index (κ2) is 8.29. The molecule has 0 radical (unpaired) electrons. The number of carbonyl (C=O) groups excluding carboxylic acids is 1. The van der Waals surface area contributed by atoms with Crippen LogP contribution in [0.15, 0.2) is 59.5 Å². The van der Waals surface area contributed by atoms with E-state index in [9.17, 15) is 9.59 Å². The van der Waals surface area contributed by atoms with Gasteiger partial charge in [0.05, 0.1) is 12.3 Å². The predicted octanol–water partition coefficient (Wildman–Crippen LogP) is 2.91. The molecule has 0 fully saturated rings. The number of rotatable bonds is 7. The molecule has 2 heterocycles. The average molecular weight is 352 g/mol. The summed E-state index contributed by atoms with van der Waals surface area (Å²) in [5.41, 5.74) is 1.71. The average Bonchev–Trinajstić information content (AvgIpc) is 2.65. The summed E-state index contributed by atoms with van der Waals surface area (Å²) in [6, 6.07) is 14.5. The number of para-hydroxylation sites is 1. The van der Waals surface area contributed by atoms with Crippen LogP contribution < -0.4 is 10.3 Å². The maximum Gasteiger partial charge on any atom is 0.306 e. The smallest absolute Gasteiger partial charge is 0.306 e. The number of pyridine rings is 1. The second-order valence-electron chi connectivity index (χ2n) is 5.90. The number of hydrogen-bond acceptors (Lipinski definition) is 5. The molecule has 0 unspecified atom stereocenters. The van der Waals surface area contributed by atoms with Gasteiger partial charge in [-0.05, 0) is 37.1 Å². The number of hydrogen-bond donors (Lipinski definition) is 0. The molecule has 0 bridgehead atoms. The highest BCUT2D eigenvalue weighted by Gasteiger charge is 2.08. The van der Waals surface area contributed by atoms with Gasteiger partial charge in [0.15, 0.2) is 0 Å². The zero-order valence-electron chi connectivity index (χ0n) is 14.6. The molecule has 26 heavy (non-hydrogen) atoms. The lowest BCUT2D eigenvalue weighted by atomic mass is 10.3. The van der Waals surface area contributed by atoms with E-state index in [1.807, 2.05) is 43.3 Å². The van der Waals surface area contributed by atoms with E-state index >= 15 is 0 Å². The fraction of sp³-hybridized carbons (Fsp3) is 0.250. The molecule has 0 atom stereocenters. The molecule has 0 saturated heterocycles. The van der Waals surface area contributed by atoms with E-state index in [-0.39, 0.29) is 24.6 Å². The summed E-state index contributed by atoms with van der Waals surface area (Å²) in [6.07, 6.45) is 2.47. The van der Waals surface area contributed by atoms with Crippen molar-refractivity contribution in [2.24, 2.45) is 0 Å². The molecule has 0 spiro atoms. The molecule has 6 nitrogen and oxygen atoms in total. The molecule has 0 saturated carbocycles. The van der Waals surface area contributed by atoms with Gasteiger partial charge < -0.3 is 9.47 Å². The van der Waals surface area contributed by atoms with Crippen molar-refractivity contribution in [3.8, 4) is 5.75 Å². The zero-order valence-corrected chi connectivity index (χ0v) is 14.6. The van der Waals surface area contributed by atoms with Crippen LogP contribution in [0.5, 0.6) is 5.75 Å². The first-order valence-electron chi connectivity index (χ1n) is 8.45. The van der Waals surface area contributed by atoms with Gasteiger partial charge in [0, 0.05) is 18.7 Å². The fourth-order valence-electron chi connectivity index (χ4n) is 2.53. The predicted molar refractivity (Wildman–Crippen MR) is 97.2 cm³/mol. The number of nitrogens with zero attached hydrogens (tertiary/aromatic N) is 2. The molecule has 0 aliphatic heterocycles. The minimum absolute atomic E-state index is 0.0154. The van der Waals surface area contributed by atoms with Crippen LogP contribution in [0.3, 0.4) is 0 Å². The number of fused-ring (bicyclic) bond motifs is 1. The lowest BCUT2D eigenvalue weighted by Crippen LogP contribution is -2.17. The van der Waals surface area contributed by atoms with Crippen molar-refractivity contribution >= 4 is 11.6 Å². The van der Waals surface area contributed by atoms with Crippen molar-refractivity contribution in [3.05, 3.63) is 76.3 Å². The molecule has 1 aromatic carbocycles. The van der Waals surface area contributed by atoms with Crippen LogP contribution in [0, 0.1) is 6.92 Å². The number of esters is 1. The highest BCUT2D eigenvalue weighted by molar-refractivity contribution is 5.69. The van der Waals surface area contributed by atoms with Crippen LogP contribution in [0.1, 0.15) is 24.1 Å². The Bertz CT molecular complexity index is 951. The maximum atomic E-state index is 12.1. The Morgan fingerprint density at radius 2 is 1.96 bits per heavy atom. The van der Waals surface area contributed by atoms with Crippen LogP contribution in [-0.2, 0) is 16.1 Å². The lowest BCUT2D eigenvalue weighted by molar-refractivity contribution is -0.145. The SMILES string of the molecule is Cc1cccn2c(=O)cc(COC(=O)CCCOc3ccccc3)nc12. The van der Waals surface area contributed by atoms with Crippen LogP contribution in [0.2, 0.25) is 0 Å². The molecule has 6 heteroatoms. The Morgan fingerprint density at radius 1 is 1.15 bits per heavy atom. The van der Waals surface area contributed by atoms with Gasteiger partial charge in [0.2, 0.25) is 0 Å². The van der Waals surface area contributed by atoms with Crippen molar-refractivity contribution < 1.29 is 14.3 Å². The summed E-state index contributed by atoms with van der Waals surface area (Å²) in [5.74, 6) is 0.436. The van der Waals surface area contributed by atoms with E-state index in [0.717, 1.165) is 11.3 Å². The number of aryl methyl sites for hydroxylation is 1. The summed E-state index contributed by atoms with van der Waals surface area (Å²) in [6.45, 7) is 2.30. The molecule has 0 aliphatic rings. The van der Waals surface area contributed by atoms with Gasteiger partial charge in [-0.1, -0.05) is 24.3 Å². The third-order valence-corrected chi connectivity index (χ3v) is 3.86. The summed E-state index contributed by atoms with van der Waals surface area (Å²) in [7, 11) is 0. The summed E-state index contributed by atoms with van der Waals surface area (Å²) in [5, 5.41) is 0. The van der Waals surface area contributed by atoms with E-state index in [0.29, 0.717) is 24.4 Å². The quantitative estimate of drug-likeness (QED) is 0.483. The van der Waals surface area contributed by atoms with E-state index in [2.05, 4.69) is 4.98 Å². The van der Waals surface area contributed by atoms with Gasteiger partial charge in [0.25, 0.3) is 5.56 Å². The van der Waals surface area contributed by atoms with E-state index < -0.39 is 0 Å². The van der Waals surface area contributed by atoms with Gasteiger partial charge >= 0.3 is 5.97 Å². The Hall–Kier alpha value is -3.15. The lowest BCUT2D eigenvalue weighted by Gasteiger charge is -2.08. The first-order valence-corrected chi connectivity index (χ1v) is 8.45. The van der Waals surface area contributed by atoms with Gasteiger partial charge in [-0.2, -0.15) is 0 Å². The van der Waals surface area contributed by atoms with Gasteiger partial charge in [-0.25, -0.2) is 4.98 Å². The summed E-state index contributed by atoms with van der Waals surface area (Å²) in [4.78, 5) is 28.4.